The molecule has 0 aliphatic heterocycles. The van der Waals surface area contributed by atoms with Gasteiger partial charge in [-0.15, -0.1) is 0 Å². The van der Waals surface area contributed by atoms with E-state index >= 15 is 0 Å². The summed E-state index contributed by atoms with van der Waals surface area (Å²) < 4.78 is 5.49. The average molecular weight is 431 g/mol. The largest absolute Gasteiger partial charge is 0.466 e. The van der Waals surface area contributed by atoms with Crippen molar-refractivity contribution < 1.29 is 9.53 Å². The molecule has 0 aromatic carbocycles. The van der Waals surface area contributed by atoms with Crippen LogP contribution in [0, 0.1) is 58.2 Å². The lowest BCUT2D eigenvalue weighted by molar-refractivity contribution is -0.144. The second-order valence-corrected chi connectivity index (χ2v) is 13.2. The van der Waals surface area contributed by atoms with E-state index in [1.165, 1.54) is 70.6 Å². The number of hydrogen-bond donors (Lipinski definition) is 0. The monoisotopic (exact) mass is 430 g/mol. The maximum Gasteiger partial charge on any atom is 0.302 e. The Balaban J connectivity index is 1.43. The van der Waals surface area contributed by atoms with Crippen molar-refractivity contribution >= 4 is 5.97 Å². The molecule has 4 aliphatic carbocycles. The van der Waals surface area contributed by atoms with E-state index in [0.29, 0.717) is 23.4 Å². The van der Waals surface area contributed by atoms with Crippen LogP contribution in [0.15, 0.2) is 0 Å². The molecule has 0 unspecified atom stereocenters. The number of carbonyl (C=O) groups excluding carboxylic acids is 1. The van der Waals surface area contributed by atoms with E-state index in [4.69, 9.17) is 4.74 Å². The van der Waals surface area contributed by atoms with Crippen molar-refractivity contribution in [3.63, 3.8) is 0 Å². The van der Waals surface area contributed by atoms with E-state index in [-0.39, 0.29) is 5.97 Å². The third-order valence-corrected chi connectivity index (χ3v) is 11.3. The van der Waals surface area contributed by atoms with Gasteiger partial charge in [0.25, 0.3) is 0 Å². The summed E-state index contributed by atoms with van der Waals surface area (Å²) in [6.45, 7) is 14.9. The molecular weight excluding hydrogens is 380 g/mol. The summed E-state index contributed by atoms with van der Waals surface area (Å²) in [5, 5.41) is 0. The summed E-state index contributed by atoms with van der Waals surface area (Å²) in [4.78, 5) is 11.4. The van der Waals surface area contributed by atoms with Gasteiger partial charge in [-0.2, -0.15) is 0 Å². The second-order valence-electron chi connectivity index (χ2n) is 13.2. The van der Waals surface area contributed by atoms with Crippen molar-refractivity contribution in [3.05, 3.63) is 0 Å². The highest BCUT2D eigenvalue weighted by Crippen LogP contribution is 2.69. The minimum Gasteiger partial charge on any atom is -0.466 e. The summed E-state index contributed by atoms with van der Waals surface area (Å²) in [6, 6.07) is 0. The molecule has 2 heteroatoms. The Hall–Kier alpha value is -0.530. The van der Waals surface area contributed by atoms with E-state index in [1.807, 2.05) is 0 Å². The van der Waals surface area contributed by atoms with E-state index in [0.717, 1.165) is 41.4 Å². The predicted molar refractivity (Wildman–Crippen MR) is 129 cm³/mol. The van der Waals surface area contributed by atoms with Crippen molar-refractivity contribution in [2.45, 2.75) is 112 Å². The van der Waals surface area contributed by atoms with Crippen LogP contribution in [0.25, 0.3) is 0 Å². The van der Waals surface area contributed by atoms with Gasteiger partial charge in [0.05, 0.1) is 6.61 Å². The Labute approximate surface area is 192 Å². The Kier molecular flexibility index (Phi) is 6.87. The van der Waals surface area contributed by atoms with Gasteiger partial charge < -0.3 is 4.74 Å². The molecule has 0 aromatic heterocycles. The predicted octanol–water partition coefficient (Wildman–Crippen LogP) is 7.90. The number of hydrogen-bond acceptors (Lipinski definition) is 2. The molecule has 0 bridgehead atoms. The minimum atomic E-state index is -0.102. The Morgan fingerprint density at radius 2 is 1.55 bits per heavy atom. The van der Waals surface area contributed by atoms with Crippen molar-refractivity contribution in [2.75, 3.05) is 6.61 Å². The maximum atomic E-state index is 11.4. The summed E-state index contributed by atoms with van der Waals surface area (Å²) in [6.07, 6.45) is 15.6. The lowest BCUT2D eigenvalue weighted by atomic mass is 9.46. The fourth-order valence-electron chi connectivity index (χ4n) is 9.78. The number of ether oxygens (including phenoxy) is 1. The molecule has 0 radical (unpaired) electrons. The van der Waals surface area contributed by atoms with Crippen LogP contribution in [-0.4, -0.2) is 12.6 Å². The van der Waals surface area contributed by atoms with Crippen molar-refractivity contribution in [1.29, 1.82) is 0 Å². The number of rotatable bonds is 7. The number of fused-ring (bicyclic) bond motifs is 5. The number of carbonyl (C=O) groups is 1. The summed E-state index contributed by atoms with van der Waals surface area (Å²) in [7, 11) is 0. The highest BCUT2D eigenvalue weighted by atomic mass is 16.5. The fraction of sp³-hybridized carbons (Fsp3) is 0.966. The second kappa shape index (κ2) is 9.02. The zero-order valence-corrected chi connectivity index (χ0v) is 21.4. The van der Waals surface area contributed by atoms with E-state index in [9.17, 15) is 4.79 Å². The van der Waals surface area contributed by atoms with Gasteiger partial charge >= 0.3 is 5.97 Å². The first kappa shape index (κ1) is 23.6. The topological polar surface area (TPSA) is 26.3 Å². The van der Waals surface area contributed by atoms with E-state index in [1.54, 1.807) is 6.92 Å². The molecule has 0 spiro atoms. The molecule has 4 fully saturated rings. The van der Waals surface area contributed by atoms with Crippen LogP contribution >= 0.6 is 0 Å². The third kappa shape index (κ3) is 4.23. The molecule has 4 aliphatic rings. The zero-order valence-electron chi connectivity index (χ0n) is 21.4. The molecule has 0 heterocycles. The van der Waals surface area contributed by atoms with Gasteiger partial charge in [0.2, 0.25) is 0 Å². The fourth-order valence-corrected chi connectivity index (χ4v) is 9.78. The van der Waals surface area contributed by atoms with Crippen molar-refractivity contribution in [3.8, 4) is 0 Å². The molecule has 178 valence electrons. The quantitative estimate of drug-likeness (QED) is 0.384. The van der Waals surface area contributed by atoms with Crippen LogP contribution in [0.1, 0.15) is 112 Å². The van der Waals surface area contributed by atoms with E-state index < -0.39 is 0 Å². The van der Waals surface area contributed by atoms with Gasteiger partial charge in [0.1, 0.15) is 0 Å². The van der Waals surface area contributed by atoms with Crippen LogP contribution < -0.4 is 0 Å². The van der Waals surface area contributed by atoms with Gasteiger partial charge in [-0.25, -0.2) is 0 Å². The maximum absolute atomic E-state index is 11.4. The molecule has 0 amide bonds. The summed E-state index contributed by atoms with van der Waals surface area (Å²) in [5.41, 5.74) is 1.09. The first-order chi connectivity index (χ1) is 14.7. The van der Waals surface area contributed by atoms with Crippen LogP contribution in [0.4, 0.5) is 0 Å². The molecule has 4 saturated carbocycles. The first-order valence-corrected chi connectivity index (χ1v) is 13.8. The lowest BCUT2D eigenvalue weighted by Crippen LogP contribution is -2.51. The van der Waals surface area contributed by atoms with Gasteiger partial charge in [0.15, 0.2) is 0 Å². The molecule has 4 rings (SSSR count). The molecule has 31 heavy (non-hydrogen) atoms. The molecule has 9 atom stereocenters. The van der Waals surface area contributed by atoms with Crippen molar-refractivity contribution in [2.24, 2.45) is 58.2 Å². The van der Waals surface area contributed by atoms with E-state index in [2.05, 4.69) is 34.6 Å². The van der Waals surface area contributed by atoms with Crippen LogP contribution in [0.5, 0.6) is 0 Å². The normalized spacial score (nSPS) is 45.1. The smallest absolute Gasteiger partial charge is 0.302 e. The first-order valence-electron chi connectivity index (χ1n) is 13.8. The van der Waals surface area contributed by atoms with Gasteiger partial charge in [-0.3, -0.25) is 4.79 Å². The van der Waals surface area contributed by atoms with Gasteiger partial charge in [-0.1, -0.05) is 53.9 Å². The Morgan fingerprint density at radius 3 is 2.26 bits per heavy atom. The molecule has 0 N–H and O–H groups in total. The number of esters is 1. The lowest BCUT2D eigenvalue weighted by Gasteiger charge is -2.58. The van der Waals surface area contributed by atoms with Crippen molar-refractivity contribution in [1.82, 2.24) is 0 Å². The molecule has 0 saturated heterocycles. The van der Waals surface area contributed by atoms with Crippen LogP contribution in [0.3, 0.4) is 0 Å². The zero-order chi connectivity index (χ0) is 22.4. The average Bonchev–Trinajstić information content (AvgIpc) is 3.22. The molecular formula is C29H50O2. The third-order valence-electron chi connectivity index (χ3n) is 11.3. The van der Waals surface area contributed by atoms with Crippen LogP contribution in [-0.2, 0) is 9.53 Å². The highest BCUT2D eigenvalue weighted by Gasteiger charge is 2.62. The Morgan fingerprint density at radius 1 is 0.871 bits per heavy atom. The van der Waals surface area contributed by atoms with Crippen LogP contribution in [0.2, 0.25) is 0 Å². The minimum absolute atomic E-state index is 0.102. The summed E-state index contributed by atoms with van der Waals surface area (Å²) >= 11 is 0. The SMILES string of the molecule is CC(=O)OC[C@H]1CC[C@@]2(C)[C@H]1CC[C@@H]1[C@@H]2CC[C@]2(C)[C@@H]([C@H](C)CCCC(C)C)CC[C@@H]12. The molecule has 0 aromatic rings. The van der Waals surface area contributed by atoms with Gasteiger partial charge in [-0.05, 0) is 110 Å². The standard InChI is InChI=1S/C29H50O2/c1-19(2)8-7-9-20(3)24-12-13-26-23-10-11-25-22(18-31-21(4)30)14-16-29(25,6)27(23)15-17-28(24,26)5/h19-20,22-27H,7-18H2,1-6H3/t20-,22-,23+,24-,25+,26+,27+,28-,29+/m1/s1. The van der Waals surface area contributed by atoms with Gasteiger partial charge in [0, 0.05) is 6.92 Å². The molecule has 2 nitrogen and oxygen atoms in total. The summed E-state index contributed by atoms with van der Waals surface area (Å²) in [5.74, 6) is 6.84. The highest BCUT2D eigenvalue weighted by molar-refractivity contribution is 5.65. The Bertz CT molecular complexity index is 641.